The first-order chi connectivity index (χ1) is 9.80. The zero-order chi connectivity index (χ0) is 13.9. The van der Waals surface area contributed by atoms with Crippen LogP contribution >= 0.6 is 0 Å². The topological polar surface area (TPSA) is 47.0 Å². The van der Waals surface area contributed by atoms with E-state index in [9.17, 15) is 0 Å². The van der Waals surface area contributed by atoms with E-state index < -0.39 is 0 Å². The Bertz CT molecular complexity index is 608. The van der Waals surface area contributed by atoms with Crippen LogP contribution in [0.2, 0.25) is 0 Å². The molecule has 1 aliphatic rings. The highest BCUT2D eigenvalue weighted by atomic mass is 16.5. The first-order valence-corrected chi connectivity index (χ1v) is 6.97. The van der Waals surface area contributed by atoms with Gasteiger partial charge in [-0.1, -0.05) is 18.2 Å². The van der Waals surface area contributed by atoms with Crippen LogP contribution in [0.25, 0.3) is 0 Å². The average molecular weight is 269 g/mol. The van der Waals surface area contributed by atoms with Gasteiger partial charge >= 0.3 is 0 Å². The standard InChI is InChI=1S/C16H19N3O/c1-17-15-10-13(11-7-8-11)18-16(19-15)9-12-5-3-4-6-14(12)20-2/h3-6,10-11H,7-9H2,1-2H3,(H,17,18,19). The van der Waals surface area contributed by atoms with Crippen molar-refractivity contribution in [1.82, 2.24) is 9.97 Å². The lowest BCUT2D eigenvalue weighted by molar-refractivity contribution is 0.410. The summed E-state index contributed by atoms with van der Waals surface area (Å²) in [7, 11) is 3.59. The van der Waals surface area contributed by atoms with Gasteiger partial charge in [-0.15, -0.1) is 0 Å². The van der Waals surface area contributed by atoms with Gasteiger partial charge in [-0.3, -0.25) is 0 Å². The third-order valence-corrected chi connectivity index (χ3v) is 3.59. The van der Waals surface area contributed by atoms with Gasteiger partial charge in [0.05, 0.1) is 7.11 Å². The number of hydrogen-bond donors (Lipinski definition) is 1. The predicted molar refractivity (Wildman–Crippen MR) is 79.4 cm³/mol. The Morgan fingerprint density at radius 2 is 2.05 bits per heavy atom. The van der Waals surface area contributed by atoms with Crippen LogP contribution in [0.4, 0.5) is 5.82 Å². The monoisotopic (exact) mass is 269 g/mol. The van der Waals surface area contributed by atoms with E-state index in [1.165, 1.54) is 12.8 Å². The average Bonchev–Trinajstić information content (AvgIpc) is 3.32. The fraction of sp³-hybridized carbons (Fsp3) is 0.375. The molecular weight excluding hydrogens is 250 g/mol. The summed E-state index contributed by atoms with van der Waals surface area (Å²) in [6.07, 6.45) is 3.18. The molecule has 4 nitrogen and oxygen atoms in total. The number of rotatable bonds is 5. The summed E-state index contributed by atoms with van der Waals surface area (Å²) < 4.78 is 5.39. The van der Waals surface area contributed by atoms with Crippen molar-refractivity contribution < 1.29 is 4.74 Å². The Labute approximate surface area is 119 Å². The highest BCUT2D eigenvalue weighted by Gasteiger charge is 2.26. The fourth-order valence-electron chi connectivity index (χ4n) is 2.33. The molecule has 0 amide bonds. The van der Waals surface area contributed by atoms with Crippen molar-refractivity contribution in [3.63, 3.8) is 0 Å². The highest BCUT2D eigenvalue weighted by molar-refractivity contribution is 5.40. The van der Waals surface area contributed by atoms with Crippen molar-refractivity contribution in [2.24, 2.45) is 0 Å². The molecule has 20 heavy (non-hydrogen) atoms. The largest absolute Gasteiger partial charge is 0.496 e. The zero-order valence-corrected chi connectivity index (χ0v) is 11.9. The van der Waals surface area contributed by atoms with Gasteiger partial charge in [0, 0.05) is 36.7 Å². The molecule has 0 aliphatic heterocycles. The number of hydrogen-bond acceptors (Lipinski definition) is 4. The second kappa shape index (κ2) is 5.49. The molecule has 2 aromatic rings. The molecule has 1 saturated carbocycles. The molecule has 1 aromatic carbocycles. The first-order valence-electron chi connectivity index (χ1n) is 6.97. The van der Waals surface area contributed by atoms with Gasteiger partial charge in [0.15, 0.2) is 0 Å². The number of aromatic nitrogens is 2. The summed E-state index contributed by atoms with van der Waals surface area (Å²) in [6, 6.07) is 10.1. The molecule has 0 unspecified atom stereocenters. The summed E-state index contributed by atoms with van der Waals surface area (Å²) >= 11 is 0. The van der Waals surface area contributed by atoms with Crippen LogP contribution in [0.3, 0.4) is 0 Å². The van der Waals surface area contributed by atoms with Crippen molar-refractivity contribution in [1.29, 1.82) is 0 Å². The van der Waals surface area contributed by atoms with Crippen molar-refractivity contribution in [3.05, 3.63) is 47.4 Å². The molecule has 1 fully saturated rings. The molecule has 0 atom stereocenters. The third kappa shape index (κ3) is 2.74. The molecule has 1 heterocycles. The van der Waals surface area contributed by atoms with E-state index in [0.717, 1.165) is 28.6 Å². The van der Waals surface area contributed by atoms with Gasteiger partial charge in [-0.25, -0.2) is 9.97 Å². The Kier molecular flexibility index (Phi) is 3.54. The SMILES string of the molecule is CNc1cc(C2CC2)nc(Cc2ccccc2OC)n1. The lowest BCUT2D eigenvalue weighted by atomic mass is 10.1. The van der Waals surface area contributed by atoms with Gasteiger partial charge in [0.2, 0.25) is 0 Å². The molecule has 3 rings (SSSR count). The number of ether oxygens (including phenoxy) is 1. The summed E-state index contributed by atoms with van der Waals surface area (Å²) in [5, 5.41) is 3.12. The Balaban J connectivity index is 1.91. The smallest absolute Gasteiger partial charge is 0.135 e. The number of nitrogens with zero attached hydrogens (tertiary/aromatic N) is 2. The van der Waals surface area contributed by atoms with E-state index in [1.807, 2.05) is 25.2 Å². The Morgan fingerprint density at radius 3 is 2.75 bits per heavy atom. The van der Waals surface area contributed by atoms with E-state index in [2.05, 4.69) is 22.4 Å². The van der Waals surface area contributed by atoms with Gasteiger partial charge in [-0.2, -0.15) is 0 Å². The first kappa shape index (κ1) is 12.9. The minimum atomic E-state index is 0.626. The molecule has 1 aliphatic carbocycles. The third-order valence-electron chi connectivity index (χ3n) is 3.59. The summed E-state index contributed by atoms with van der Waals surface area (Å²) in [4.78, 5) is 9.26. The van der Waals surface area contributed by atoms with Crippen LogP contribution < -0.4 is 10.1 Å². The van der Waals surface area contributed by atoms with Crippen molar-refractivity contribution in [2.45, 2.75) is 25.2 Å². The molecule has 0 spiro atoms. The molecule has 0 saturated heterocycles. The van der Waals surface area contributed by atoms with E-state index in [-0.39, 0.29) is 0 Å². The van der Waals surface area contributed by atoms with Gasteiger partial charge in [0.25, 0.3) is 0 Å². The molecule has 4 heteroatoms. The number of benzene rings is 1. The maximum atomic E-state index is 5.39. The van der Waals surface area contributed by atoms with E-state index in [0.29, 0.717) is 12.3 Å². The van der Waals surface area contributed by atoms with Gasteiger partial charge in [-0.05, 0) is 18.9 Å². The maximum Gasteiger partial charge on any atom is 0.135 e. The quantitative estimate of drug-likeness (QED) is 0.906. The minimum absolute atomic E-state index is 0.626. The second-order valence-electron chi connectivity index (χ2n) is 5.11. The summed E-state index contributed by atoms with van der Waals surface area (Å²) in [5.74, 6) is 3.26. The Morgan fingerprint density at radius 1 is 1.25 bits per heavy atom. The molecule has 1 N–H and O–H groups in total. The highest BCUT2D eigenvalue weighted by Crippen LogP contribution is 2.39. The molecule has 104 valence electrons. The van der Waals surface area contributed by atoms with Crippen LogP contribution in [-0.4, -0.2) is 24.1 Å². The number of methoxy groups -OCH3 is 1. The fourth-order valence-corrected chi connectivity index (χ4v) is 2.33. The number of nitrogens with one attached hydrogen (secondary N) is 1. The number of para-hydroxylation sites is 1. The zero-order valence-electron chi connectivity index (χ0n) is 11.9. The maximum absolute atomic E-state index is 5.39. The lowest BCUT2D eigenvalue weighted by Crippen LogP contribution is -2.04. The molecule has 1 aromatic heterocycles. The predicted octanol–water partition coefficient (Wildman–Crippen LogP) is 3.00. The van der Waals surface area contributed by atoms with Crippen LogP contribution in [-0.2, 0) is 6.42 Å². The van der Waals surface area contributed by atoms with Crippen molar-refractivity contribution in [2.75, 3.05) is 19.5 Å². The summed E-state index contributed by atoms with van der Waals surface area (Å²) in [6.45, 7) is 0. The minimum Gasteiger partial charge on any atom is -0.496 e. The van der Waals surface area contributed by atoms with Crippen molar-refractivity contribution >= 4 is 5.82 Å². The van der Waals surface area contributed by atoms with E-state index >= 15 is 0 Å². The summed E-state index contributed by atoms with van der Waals surface area (Å²) in [5.41, 5.74) is 2.28. The van der Waals surface area contributed by atoms with Crippen LogP contribution in [0.15, 0.2) is 30.3 Å². The molecular formula is C16H19N3O. The van der Waals surface area contributed by atoms with Gasteiger partial charge in [0.1, 0.15) is 17.4 Å². The number of anilines is 1. The Hall–Kier alpha value is -2.10. The van der Waals surface area contributed by atoms with Gasteiger partial charge < -0.3 is 10.1 Å². The van der Waals surface area contributed by atoms with E-state index in [4.69, 9.17) is 9.72 Å². The molecule has 0 bridgehead atoms. The second-order valence-corrected chi connectivity index (χ2v) is 5.11. The normalized spacial score (nSPS) is 14.1. The van der Waals surface area contributed by atoms with Crippen molar-refractivity contribution in [3.8, 4) is 5.75 Å². The molecule has 0 radical (unpaired) electrons. The van der Waals surface area contributed by atoms with Crippen LogP contribution in [0.1, 0.15) is 35.8 Å². The van der Waals surface area contributed by atoms with E-state index in [1.54, 1.807) is 7.11 Å². The lowest BCUT2D eigenvalue weighted by Gasteiger charge is -2.10. The van der Waals surface area contributed by atoms with Crippen LogP contribution in [0.5, 0.6) is 5.75 Å². The van der Waals surface area contributed by atoms with Crippen LogP contribution in [0, 0.1) is 0 Å².